The Kier molecular flexibility index (Phi) is 3.55. The van der Waals surface area contributed by atoms with E-state index in [4.69, 9.17) is 9.47 Å². The minimum absolute atomic E-state index is 0.0636. The monoisotopic (exact) mass is 210 g/mol. The van der Waals surface area contributed by atoms with Crippen molar-refractivity contribution in [2.75, 3.05) is 7.11 Å². The van der Waals surface area contributed by atoms with Gasteiger partial charge in [0, 0.05) is 0 Å². The minimum Gasteiger partial charge on any atom is -0.507 e. The fraction of sp³-hybridized carbons (Fsp3) is 0.364. The highest BCUT2D eigenvalue weighted by Crippen LogP contribution is 2.28. The third-order valence-corrected chi connectivity index (χ3v) is 1.77. The first-order valence-corrected chi connectivity index (χ1v) is 4.63. The summed E-state index contributed by atoms with van der Waals surface area (Å²) in [6.45, 7) is 3.48. The molecular formula is C11H14O4. The zero-order valence-electron chi connectivity index (χ0n) is 8.98. The highest BCUT2D eigenvalue weighted by Gasteiger charge is 2.19. The molecule has 82 valence electrons. The van der Waals surface area contributed by atoms with E-state index in [1.807, 2.05) is 0 Å². The Morgan fingerprint density at radius 1 is 1.40 bits per heavy atom. The molecule has 15 heavy (non-hydrogen) atoms. The standard InChI is InChI=1S/C11H14O4/c1-7(2)15-11(13)10-8(12)5-4-6-9(10)14-3/h4-7,12H,1-3H3. The molecule has 0 saturated heterocycles. The highest BCUT2D eigenvalue weighted by atomic mass is 16.5. The molecule has 1 N–H and O–H groups in total. The van der Waals surface area contributed by atoms with E-state index in [0.717, 1.165) is 0 Å². The quantitative estimate of drug-likeness (QED) is 0.775. The van der Waals surface area contributed by atoms with Gasteiger partial charge < -0.3 is 14.6 Å². The number of hydrogen-bond donors (Lipinski definition) is 1. The van der Waals surface area contributed by atoms with Crippen molar-refractivity contribution in [2.45, 2.75) is 20.0 Å². The molecule has 1 aromatic rings. The van der Waals surface area contributed by atoms with Gasteiger partial charge in [-0.3, -0.25) is 0 Å². The van der Waals surface area contributed by atoms with Gasteiger partial charge in [-0.05, 0) is 26.0 Å². The molecule has 0 spiro atoms. The normalized spacial score (nSPS) is 10.1. The number of aromatic hydroxyl groups is 1. The van der Waals surface area contributed by atoms with E-state index in [0.29, 0.717) is 5.75 Å². The largest absolute Gasteiger partial charge is 0.507 e. The summed E-state index contributed by atoms with van der Waals surface area (Å²) in [5, 5.41) is 9.52. The second-order valence-electron chi connectivity index (χ2n) is 3.31. The maximum atomic E-state index is 11.6. The van der Waals surface area contributed by atoms with Crippen molar-refractivity contribution in [1.82, 2.24) is 0 Å². The summed E-state index contributed by atoms with van der Waals surface area (Å²) in [5.74, 6) is -0.416. The van der Waals surface area contributed by atoms with Crippen LogP contribution in [0.2, 0.25) is 0 Å². The summed E-state index contributed by atoms with van der Waals surface area (Å²) in [4.78, 5) is 11.6. The Labute approximate surface area is 88.4 Å². The predicted octanol–water partition coefficient (Wildman–Crippen LogP) is 1.97. The van der Waals surface area contributed by atoms with Gasteiger partial charge >= 0.3 is 5.97 Å². The van der Waals surface area contributed by atoms with Gasteiger partial charge in [0.25, 0.3) is 0 Å². The van der Waals surface area contributed by atoms with Gasteiger partial charge in [0.1, 0.15) is 17.1 Å². The molecular weight excluding hydrogens is 196 g/mol. The molecule has 0 saturated carbocycles. The Morgan fingerprint density at radius 2 is 2.07 bits per heavy atom. The fourth-order valence-electron chi connectivity index (χ4n) is 1.17. The van der Waals surface area contributed by atoms with Gasteiger partial charge in [0.05, 0.1) is 13.2 Å². The van der Waals surface area contributed by atoms with Crippen molar-refractivity contribution in [2.24, 2.45) is 0 Å². The number of carbonyl (C=O) groups is 1. The van der Waals surface area contributed by atoms with Crippen LogP contribution < -0.4 is 4.74 Å². The lowest BCUT2D eigenvalue weighted by molar-refractivity contribution is 0.0371. The van der Waals surface area contributed by atoms with Crippen LogP contribution in [0.25, 0.3) is 0 Å². The SMILES string of the molecule is COc1cccc(O)c1C(=O)OC(C)C. The van der Waals surface area contributed by atoms with Crippen LogP contribution in [-0.4, -0.2) is 24.3 Å². The van der Waals surface area contributed by atoms with Crippen LogP contribution in [0, 0.1) is 0 Å². The zero-order valence-corrected chi connectivity index (χ0v) is 8.98. The zero-order chi connectivity index (χ0) is 11.4. The van der Waals surface area contributed by atoms with Gasteiger partial charge in [-0.25, -0.2) is 4.79 Å². The number of phenolic OH excluding ortho intramolecular Hbond substituents is 1. The molecule has 4 nitrogen and oxygen atoms in total. The third-order valence-electron chi connectivity index (χ3n) is 1.77. The summed E-state index contributed by atoms with van der Waals surface area (Å²) >= 11 is 0. The van der Waals surface area contributed by atoms with Gasteiger partial charge in [0.2, 0.25) is 0 Å². The third kappa shape index (κ3) is 2.62. The Morgan fingerprint density at radius 3 is 2.60 bits per heavy atom. The number of hydrogen-bond acceptors (Lipinski definition) is 4. The first kappa shape index (κ1) is 11.4. The first-order chi connectivity index (χ1) is 7.06. The summed E-state index contributed by atoms with van der Waals surface area (Å²) in [6, 6.07) is 4.61. The molecule has 1 rings (SSSR count). The predicted molar refractivity (Wildman–Crippen MR) is 55.2 cm³/mol. The van der Waals surface area contributed by atoms with Crippen molar-refractivity contribution in [3.8, 4) is 11.5 Å². The van der Waals surface area contributed by atoms with Crippen LogP contribution in [0.1, 0.15) is 24.2 Å². The summed E-state index contributed by atoms with van der Waals surface area (Å²) in [6.07, 6.45) is -0.234. The summed E-state index contributed by atoms with van der Waals surface area (Å²) in [5.41, 5.74) is 0.0636. The van der Waals surface area contributed by atoms with Crippen molar-refractivity contribution in [3.05, 3.63) is 23.8 Å². The van der Waals surface area contributed by atoms with E-state index >= 15 is 0 Å². The smallest absolute Gasteiger partial charge is 0.346 e. The molecule has 0 aromatic heterocycles. The number of benzene rings is 1. The Hall–Kier alpha value is -1.71. The van der Waals surface area contributed by atoms with Crippen molar-refractivity contribution >= 4 is 5.97 Å². The number of ether oxygens (including phenoxy) is 2. The molecule has 0 heterocycles. The van der Waals surface area contributed by atoms with Crippen molar-refractivity contribution in [1.29, 1.82) is 0 Å². The first-order valence-electron chi connectivity index (χ1n) is 4.63. The molecule has 0 aliphatic carbocycles. The van der Waals surface area contributed by atoms with Crippen LogP contribution in [-0.2, 0) is 4.74 Å². The Bertz CT molecular complexity index is 358. The van der Waals surface area contributed by atoms with E-state index in [2.05, 4.69) is 0 Å². The molecule has 0 bridgehead atoms. The average Bonchev–Trinajstić information content (AvgIpc) is 2.15. The number of carbonyl (C=O) groups excluding carboxylic acids is 1. The topological polar surface area (TPSA) is 55.8 Å². The molecule has 0 amide bonds. The highest BCUT2D eigenvalue weighted by molar-refractivity contribution is 5.95. The van der Waals surface area contributed by atoms with Gasteiger partial charge in [-0.1, -0.05) is 6.07 Å². The molecule has 0 aliphatic rings. The maximum absolute atomic E-state index is 11.6. The van der Waals surface area contributed by atoms with Crippen LogP contribution >= 0.6 is 0 Å². The van der Waals surface area contributed by atoms with Crippen molar-refractivity contribution in [3.63, 3.8) is 0 Å². The molecule has 4 heteroatoms. The van der Waals surface area contributed by atoms with Crippen LogP contribution in [0.5, 0.6) is 11.5 Å². The minimum atomic E-state index is -0.583. The number of esters is 1. The molecule has 0 aliphatic heterocycles. The van der Waals surface area contributed by atoms with Crippen molar-refractivity contribution < 1.29 is 19.4 Å². The number of methoxy groups -OCH3 is 1. The number of rotatable bonds is 3. The van der Waals surface area contributed by atoms with Gasteiger partial charge in [0.15, 0.2) is 0 Å². The average molecular weight is 210 g/mol. The van der Waals surface area contributed by atoms with Crippen LogP contribution in [0.3, 0.4) is 0 Å². The maximum Gasteiger partial charge on any atom is 0.346 e. The molecule has 0 fully saturated rings. The molecule has 0 unspecified atom stereocenters. The fourth-order valence-corrected chi connectivity index (χ4v) is 1.17. The van der Waals surface area contributed by atoms with Gasteiger partial charge in [-0.15, -0.1) is 0 Å². The van der Waals surface area contributed by atoms with Crippen LogP contribution in [0.15, 0.2) is 18.2 Å². The van der Waals surface area contributed by atoms with E-state index in [1.54, 1.807) is 26.0 Å². The Balaban J connectivity index is 3.06. The van der Waals surface area contributed by atoms with E-state index in [1.165, 1.54) is 13.2 Å². The van der Waals surface area contributed by atoms with E-state index in [-0.39, 0.29) is 17.4 Å². The second-order valence-corrected chi connectivity index (χ2v) is 3.31. The lowest BCUT2D eigenvalue weighted by atomic mass is 10.2. The number of phenols is 1. The lowest BCUT2D eigenvalue weighted by Crippen LogP contribution is -2.12. The summed E-state index contributed by atoms with van der Waals surface area (Å²) in [7, 11) is 1.43. The van der Waals surface area contributed by atoms with E-state index in [9.17, 15) is 9.90 Å². The lowest BCUT2D eigenvalue weighted by Gasteiger charge is -2.11. The molecule has 0 atom stereocenters. The van der Waals surface area contributed by atoms with E-state index < -0.39 is 5.97 Å². The summed E-state index contributed by atoms with van der Waals surface area (Å²) < 4.78 is 9.95. The molecule has 0 radical (unpaired) electrons. The van der Waals surface area contributed by atoms with Crippen LogP contribution in [0.4, 0.5) is 0 Å². The molecule has 1 aromatic carbocycles. The van der Waals surface area contributed by atoms with Gasteiger partial charge in [-0.2, -0.15) is 0 Å². The second kappa shape index (κ2) is 4.68.